The summed E-state index contributed by atoms with van der Waals surface area (Å²) in [6, 6.07) is 6.79. The lowest BCUT2D eigenvalue weighted by Gasteiger charge is -2.17. The van der Waals surface area contributed by atoms with Crippen LogP contribution in [0.15, 0.2) is 24.3 Å². The average molecular weight is 297 g/mol. The van der Waals surface area contributed by atoms with Gasteiger partial charge in [-0.05, 0) is 42.7 Å². The van der Waals surface area contributed by atoms with E-state index in [1.54, 1.807) is 48.0 Å². The number of nitrogens with zero attached hydrogens (tertiary/aromatic N) is 1. The average Bonchev–Trinajstić information content (AvgIpc) is 2.45. The van der Waals surface area contributed by atoms with Gasteiger partial charge < -0.3 is 14.7 Å². The van der Waals surface area contributed by atoms with E-state index in [4.69, 9.17) is 9.84 Å². The molecule has 0 radical (unpaired) electrons. The quantitative estimate of drug-likeness (QED) is 0.745. The van der Waals surface area contributed by atoms with Gasteiger partial charge in [0.1, 0.15) is 5.75 Å². The summed E-state index contributed by atoms with van der Waals surface area (Å²) in [6.07, 6.45) is 3.41. The number of carboxylic acids is 1. The molecule has 0 saturated heterocycles. The molecule has 0 spiro atoms. The maximum atomic E-state index is 11.9. The van der Waals surface area contributed by atoms with Crippen molar-refractivity contribution in [3.63, 3.8) is 0 Å². The third-order valence-electron chi connectivity index (χ3n) is 2.70. The first-order valence-corrected chi connectivity index (χ1v) is 7.64. The lowest BCUT2D eigenvalue weighted by atomic mass is 10.2. The number of carboxylic acid groups (broad SMARTS) is 1. The van der Waals surface area contributed by atoms with Gasteiger partial charge in [0.05, 0.1) is 0 Å². The normalized spacial score (nSPS) is 10.1. The molecule has 0 saturated carbocycles. The Kier molecular flexibility index (Phi) is 6.93. The fraction of sp³-hybridized carbons (Fsp3) is 0.429. The van der Waals surface area contributed by atoms with Crippen LogP contribution in [0.2, 0.25) is 0 Å². The van der Waals surface area contributed by atoms with Crippen molar-refractivity contribution in [3.05, 3.63) is 24.3 Å². The fourth-order valence-electron chi connectivity index (χ4n) is 1.59. The number of amides is 1. The number of ether oxygens (including phenoxy) is 1. The van der Waals surface area contributed by atoms with Crippen LogP contribution in [-0.2, 0) is 9.59 Å². The molecule has 0 unspecified atom stereocenters. The van der Waals surface area contributed by atoms with E-state index in [9.17, 15) is 9.59 Å². The van der Waals surface area contributed by atoms with Gasteiger partial charge in [-0.2, -0.15) is 11.8 Å². The number of thioether (sulfide) groups is 1. The summed E-state index contributed by atoms with van der Waals surface area (Å²) >= 11 is 1.73. The van der Waals surface area contributed by atoms with Crippen molar-refractivity contribution in [2.75, 3.05) is 30.6 Å². The molecule has 1 aromatic rings. The van der Waals surface area contributed by atoms with Crippen molar-refractivity contribution in [1.29, 1.82) is 0 Å². The number of anilines is 1. The van der Waals surface area contributed by atoms with Crippen LogP contribution >= 0.6 is 11.8 Å². The summed E-state index contributed by atoms with van der Waals surface area (Å²) in [5.74, 6) is 0.495. The summed E-state index contributed by atoms with van der Waals surface area (Å²) in [4.78, 5) is 23.9. The van der Waals surface area contributed by atoms with Crippen LogP contribution in [-0.4, -0.2) is 42.6 Å². The predicted molar refractivity (Wildman–Crippen MR) is 80.6 cm³/mol. The molecular weight excluding hydrogens is 278 g/mol. The molecule has 0 fully saturated rings. The number of rotatable bonds is 8. The number of hydrogen-bond acceptors (Lipinski definition) is 4. The van der Waals surface area contributed by atoms with Crippen LogP contribution < -0.4 is 9.64 Å². The first kappa shape index (κ1) is 16.4. The fourth-order valence-corrected chi connectivity index (χ4v) is 2.02. The SMILES string of the molecule is CSCCCC(=O)N(C)c1ccc(OCC(=O)O)cc1. The minimum atomic E-state index is -1.02. The highest BCUT2D eigenvalue weighted by atomic mass is 32.2. The molecule has 5 nitrogen and oxygen atoms in total. The summed E-state index contributed by atoms with van der Waals surface area (Å²) in [7, 11) is 1.73. The van der Waals surface area contributed by atoms with E-state index in [1.807, 2.05) is 6.26 Å². The number of carbonyl (C=O) groups excluding carboxylic acids is 1. The summed E-state index contributed by atoms with van der Waals surface area (Å²) < 4.78 is 5.04. The molecular formula is C14H19NO4S. The lowest BCUT2D eigenvalue weighted by Crippen LogP contribution is -2.25. The monoisotopic (exact) mass is 297 g/mol. The highest BCUT2D eigenvalue weighted by molar-refractivity contribution is 7.98. The number of aliphatic carboxylic acids is 1. The van der Waals surface area contributed by atoms with Gasteiger partial charge in [-0.1, -0.05) is 0 Å². The molecule has 0 heterocycles. The Labute approximate surface area is 122 Å². The van der Waals surface area contributed by atoms with Gasteiger partial charge in [-0.25, -0.2) is 4.79 Å². The molecule has 0 aliphatic carbocycles. The van der Waals surface area contributed by atoms with E-state index in [-0.39, 0.29) is 12.5 Å². The Morgan fingerprint density at radius 1 is 1.30 bits per heavy atom. The largest absolute Gasteiger partial charge is 0.482 e. The lowest BCUT2D eigenvalue weighted by molar-refractivity contribution is -0.139. The standard InChI is InChI=1S/C14H19NO4S/c1-15(13(16)4-3-9-20-2)11-5-7-12(8-6-11)19-10-14(17)18/h5-8H,3-4,9-10H2,1-2H3,(H,17,18). The number of carbonyl (C=O) groups is 2. The Morgan fingerprint density at radius 2 is 1.95 bits per heavy atom. The molecule has 0 atom stereocenters. The Hall–Kier alpha value is -1.69. The van der Waals surface area contributed by atoms with E-state index >= 15 is 0 Å². The number of hydrogen-bond donors (Lipinski definition) is 1. The highest BCUT2D eigenvalue weighted by Gasteiger charge is 2.10. The predicted octanol–water partition coefficient (Wildman–Crippen LogP) is 2.26. The zero-order valence-corrected chi connectivity index (χ0v) is 12.5. The molecule has 1 rings (SSSR count). The summed E-state index contributed by atoms with van der Waals surface area (Å²) in [5, 5.41) is 8.51. The zero-order chi connectivity index (χ0) is 15.0. The van der Waals surface area contributed by atoms with Gasteiger partial charge in [-0.3, -0.25) is 4.79 Å². The summed E-state index contributed by atoms with van der Waals surface area (Å²) in [5.41, 5.74) is 0.766. The first-order chi connectivity index (χ1) is 9.54. The molecule has 110 valence electrons. The van der Waals surface area contributed by atoms with Crippen molar-refractivity contribution < 1.29 is 19.4 Å². The van der Waals surface area contributed by atoms with Crippen LogP contribution in [0.3, 0.4) is 0 Å². The number of benzene rings is 1. The van der Waals surface area contributed by atoms with E-state index in [0.717, 1.165) is 17.9 Å². The van der Waals surface area contributed by atoms with E-state index in [2.05, 4.69) is 0 Å². The second-order valence-electron chi connectivity index (χ2n) is 4.23. The van der Waals surface area contributed by atoms with E-state index < -0.39 is 5.97 Å². The molecule has 1 N–H and O–H groups in total. The van der Waals surface area contributed by atoms with Crippen molar-refractivity contribution >= 4 is 29.3 Å². The van der Waals surface area contributed by atoms with Gasteiger partial charge in [0, 0.05) is 19.2 Å². The van der Waals surface area contributed by atoms with Crippen LogP contribution in [0.4, 0.5) is 5.69 Å². The van der Waals surface area contributed by atoms with Crippen molar-refractivity contribution in [2.24, 2.45) is 0 Å². The molecule has 0 aliphatic heterocycles. The first-order valence-electron chi connectivity index (χ1n) is 6.24. The molecule has 0 aliphatic rings. The van der Waals surface area contributed by atoms with Gasteiger partial charge in [0.15, 0.2) is 6.61 Å². The Bertz CT molecular complexity index is 447. The maximum absolute atomic E-state index is 11.9. The molecule has 20 heavy (non-hydrogen) atoms. The Balaban J connectivity index is 2.54. The van der Waals surface area contributed by atoms with Crippen LogP contribution in [0.1, 0.15) is 12.8 Å². The minimum Gasteiger partial charge on any atom is -0.482 e. The zero-order valence-electron chi connectivity index (χ0n) is 11.7. The van der Waals surface area contributed by atoms with Crippen molar-refractivity contribution in [3.8, 4) is 5.75 Å². The second-order valence-corrected chi connectivity index (χ2v) is 5.21. The third-order valence-corrected chi connectivity index (χ3v) is 3.40. The van der Waals surface area contributed by atoms with Crippen LogP contribution in [0.25, 0.3) is 0 Å². The molecule has 0 bridgehead atoms. The smallest absolute Gasteiger partial charge is 0.341 e. The van der Waals surface area contributed by atoms with Gasteiger partial charge in [0.25, 0.3) is 0 Å². The molecule has 0 aromatic heterocycles. The highest BCUT2D eigenvalue weighted by Crippen LogP contribution is 2.19. The van der Waals surface area contributed by atoms with Gasteiger partial charge in [0.2, 0.25) is 5.91 Å². The van der Waals surface area contributed by atoms with Gasteiger partial charge >= 0.3 is 5.97 Å². The second kappa shape index (κ2) is 8.47. The van der Waals surface area contributed by atoms with Crippen molar-refractivity contribution in [2.45, 2.75) is 12.8 Å². The van der Waals surface area contributed by atoms with Crippen LogP contribution in [0, 0.1) is 0 Å². The molecule has 1 aromatic carbocycles. The third kappa shape index (κ3) is 5.52. The molecule has 6 heteroatoms. The maximum Gasteiger partial charge on any atom is 0.341 e. The van der Waals surface area contributed by atoms with Crippen molar-refractivity contribution in [1.82, 2.24) is 0 Å². The topological polar surface area (TPSA) is 66.8 Å². The Morgan fingerprint density at radius 3 is 2.50 bits per heavy atom. The minimum absolute atomic E-state index is 0.0678. The summed E-state index contributed by atoms with van der Waals surface area (Å²) in [6.45, 7) is -0.372. The van der Waals surface area contributed by atoms with Crippen LogP contribution in [0.5, 0.6) is 5.75 Å². The van der Waals surface area contributed by atoms with Gasteiger partial charge in [-0.15, -0.1) is 0 Å². The van der Waals surface area contributed by atoms with E-state index in [1.165, 1.54) is 0 Å². The molecule has 1 amide bonds. The van der Waals surface area contributed by atoms with E-state index in [0.29, 0.717) is 12.2 Å².